The van der Waals surface area contributed by atoms with Crippen LogP contribution < -0.4 is 33.9 Å². The summed E-state index contributed by atoms with van der Waals surface area (Å²) in [5.41, 5.74) is 4.98. The van der Waals surface area contributed by atoms with Crippen molar-refractivity contribution in [3.05, 3.63) is 61.2 Å². The summed E-state index contributed by atoms with van der Waals surface area (Å²) >= 11 is 0. The first kappa shape index (κ1) is 21.2. The molecule has 0 saturated heterocycles. The fourth-order valence-corrected chi connectivity index (χ4v) is 3.46. The zero-order valence-corrected chi connectivity index (χ0v) is 17.1. The second kappa shape index (κ2) is 9.22. The van der Waals surface area contributed by atoms with Crippen LogP contribution in [0.4, 0.5) is 0 Å². The summed E-state index contributed by atoms with van der Waals surface area (Å²) in [4.78, 5) is 0. The van der Waals surface area contributed by atoms with E-state index in [9.17, 15) is 0 Å². The highest BCUT2D eigenvalue weighted by Crippen LogP contribution is 2.11. The molecule has 2 heterocycles. The summed E-state index contributed by atoms with van der Waals surface area (Å²) in [7, 11) is 4.16. The molecule has 144 valence electrons. The molecule has 0 aliphatic rings. The number of para-hydroxylation sites is 4. The van der Waals surface area contributed by atoms with Gasteiger partial charge in [-0.3, -0.25) is 0 Å². The van der Waals surface area contributed by atoms with Crippen LogP contribution in [0.1, 0.15) is 0 Å². The van der Waals surface area contributed by atoms with Gasteiger partial charge < -0.3 is 29.6 Å². The van der Waals surface area contributed by atoms with Gasteiger partial charge in [-0.2, -0.15) is 0 Å². The van der Waals surface area contributed by atoms with Gasteiger partial charge in [0.1, 0.15) is 13.1 Å². The van der Waals surface area contributed by atoms with E-state index in [2.05, 4.69) is 93.5 Å². The molecule has 0 radical (unpaired) electrons. The number of halogens is 2. The van der Waals surface area contributed by atoms with Crippen LogP contribution in [0.15, 0.2) is 61.2 Å². The molecule has 0 aliphatic heterocycles. The van der Waals surface area contributed by atoms with Crippen LogP contribution in [-0.4, -0.2) is 22.3 Å². The van der Waals surface area contributed by atoms with Crippen molar-refractivity contribution >= 4 is 22.1 Å². The maximum absolute atomic E-state index is 5.90. The molecular formula is C20H24Cl2N4O. The quantitative estimate of drug-likeness (QED) is 0.236. The molecular weight excluding hydrogens is 383 g/mol. The number of ether oxygens (including phenoxy) is 1. The van der Waals surface area contributed by atoms with E-state index in [1.54, 1.807) is 0 Å². The lowest BCUT2D eigenvalue weighted by Gasteiger charge is -2.02. The normalized spacial score (nSPS) is 10.7. The zero-order valence-electron chi connectivity index (χ0n) is 15.6. The number of fused-ring (bicyclic) bond motifs is 2. The van der Waals surface area contributed by atoms with Gasteiger partial charge in [0.15, 0.2) is 22.1 Å². The van der Waals surface area contributed by atoms with Crippen molar-refractivity contribution in [2.45, 2.75) is 13.1 Å². The Morgan fingerprint density at radius 2 is 1.11 bits per heavy atom. The van der Waals surface area contributed by atoms with Crippen molar-refractivity contribution in [3.8, 4) is 0 Å². The van der Waals surface area contributed by atoms with Gasteiger partial charge in [-0.05, 0) is 24.3 Å². The van der Waals surface area contributed by atoms with Gasteiger partial charge in [-0.15, -0.1) is 0 Å². The average Bonchev–Trinajstić information content (AvgIpc) is 3.13. The molecule has 4 rings (SSSR count). The Labute approximate surface area is 171 Å². The van der Waals surface area contributed by atoms with Gasteiger partial charge in [0.25, 0.3) is 0 Å². The fourth-order valence-electron chi connectivity index (χ4n) is 3.46. The topological polar surface area (TPSA) is 26.8 Å². The second-order valence-electron chi connectivity index (χ2n) is 6.43. The van der Waals surface area contributed by atoms with E-state index in [0.29, 0.717) is 13.2 Å². The van der Waals surface area contributed by atoms with Crippen LogP contribution in [0.5, 0.6) is 0 Å². The summed E-state index contributed by atoms with van der Waals surface area (Å²) in [6.45, 7) is 3.15. The molecule has 0 fully saturated rings. The molecule has 0 unspecified atom stereocenters. The minimum Gasteiger partial charge on any atom is -1.00 e. The molecule has 0 atom stereocenters. The molecule has 0 bridgehead atoms. The van der Waals surface area contributed by atoms with Gasteiger partial charge in [-0.1, -0.05) is 24.3 Å². The Morgan fingerprint density at radius 1 is 0.704 bits per heavy atom. The highest BCUT2D eigenvalue weighted by Gasteiger charge is 2.13. The molecule has 4 aromatic rings. The Balaban J connectivity index is 0.00000131. The highest BCUT2D eigenvalue weighted by molar-refractivity contribution is 5.72. The summed E-state index contributed by atoms with van der Waals surface area (Å²) in [5, 5.41) is 0. The largest absolute Gasteiger partial charge is 1.00 e. The Morgan fingerprint density at radius 3 is 1.56 bits per heavy atom. The zero-order chi connectivity index (χ0) is 17.2. The van der Waals surface area contributed by atoms with E-state index in [-0.39, 0.29) is 24.8 Å². The van der Waals surface area contributed by atoms with Crippen molar-refractivity contribution < 1.29 is 38.7 Å². The number of rotatable bonds is 6. The lowest BCUT2D eigenvalue weighted by atomic mass is 10.3. The van der Waals surface area contributed by atoms with E-state index < -0.39 is 0 Å². The minimum atomic E-state index is 0. The van der Waals surface area contributed by atoms with Crippen molar-refractivity contribution in [1.82, 2.24) is 9.13 Å². The van der Waals surface area contributed by atoms with Crippen LogP contribution in [0.25, 0.3) is 22.1 Å². The standard InChI is InChI=1S/C20H24N4O.2ClH/c1-21-15-23(19-9-5-3-7-17(19)21)11-13-25-14-12-24-16-22(2)18-8-4-6-10-20(18)24;;/h3-10,15-16H,11-14H2,1-2H3;2*1H/q+2;;/p-2. The SMILES string of the molecule is C[n+]1cn(CCOCCn2c[n+](C)c3ccccc32)c2ccccc21.[Cl-].[Cl-]. The van der Waals surface area contributed by atoms with Crippen LogP contribution in [-0.2, 0) is 31.9 Å². The first-order valence-electron chi connectivity index (χ1n) is 8.69. The van der Waals surface area contributed by atoms with Crippen LogP contribution in [0.2, 0.25) is 0 Å². The molecule has 0 N–H and O–H groups in total. The Hall–Kier alpha value is -2.08. The van der Waals surface area contributed by atoms with E-state index >= 15 is 0 Å². The van der Waals surface area contributed by atoms with E-state index in [1.807, 2.05) is 0 Å². The van der Waals surface area contributed by atoms with Gasteiger partial charge in [0.2, 0.25) is 12.7 Å². The third-order valence-corrected chi connectivity index (χ3v) is 4.72. The maximum atomic E-state index is 5.90. The number of aryl methyl sites for hydroxylation is 2. The molecule has 0 amide bonds. The number of hydrogen-bond acceptors (Lipinski definition) is 1. The Kier molecular flexibility index (Phi) is 7.25. The minimum absolute atomic E-state index is 0. The predicted octanol–water partition coefficient (Wildman–Crippen LogP) is -4.03. The average molecular weight is 407 g/mol. The number of benzene rings is 2. The lowest BCUT2D eigenvalue weighted by molar-refractivity contribution is -0.645. The first-order valence-corrected chi connectivity index (χ1v) is 8.69. The second-order valence-corrected chi connectivity index (χ2v) is 6.43. The number of aromatic nitrogens is 4. The van der Waals surface area contributed by atoms with Gasteiger partial charge >= 0.3 is 0 Å². The predicted molar refractivity (Wildman–Crippen MR) is 97.0 cm³/mol. The third kappa shape index (κ3) is 4.26. The molecule has 2 aromatic carbocycles. The molecule has 0 aliphatic carbocycles. The molecule has 2 aromatic heterocycles. The van der Waals surface area contributed by atoms with Crippen molar-refractivity contribution in [1.29, 1.82) is 0 Å². The summed E-state index contributed by atoms with van der Waals surface area (Å²) in [5.74, 6) is 0. The number of imidazole rings is 2. The molecule has 0 saturated carbocycles. The van der Waals surface area contributed by atoms with Crippen LogP contribution in [0.3, 0.4) is 0 Å². The number of hydrogen-bond donors (Lipinski definition) is 0. The van der Waals surface area contributed by atoms with Gasteiger partial charge in [-0.25, -0.2) is 18.3 Å². The van der Waals surface area contributed by atoms with E-state index in [1.165, 1.54) is 22.1 Å². The van der Waals surface area contributed by atoms with Crippen LogP contribution in [0, 0.1) is 0 Å². The van der Waals surface area contributed by atoms with Crippen LogP contribution >= 0.6 is 0 Å². The lowest BCUT2D eigenvalue weighted by Crippen LogP contribution is -3.00. The van der Waals surface area contributed by atoms with Crippen molar-refractivity contribution in [2.75, 3.05) is 13.2 Å². The van der Waals surface area contributed by atoms with E-state index in [4.69, 9.17) is 4.74 Å². The maximum Gasteiger partial charge on any atom is 0.244 e. The van der Waals surface area contributed by atoms with E-state index in [0.717, 1.165) is 13.1 Å². The fraction of sp³-hybridized carbons (Fsp3) is 0.300. The number of nitrogens with zero attached hydrogens (tertiary/aromatic N) is 4. The van der Waals surface area contributed by atoms with Gasteiger partial charge in [0, 0.05) is 0 Å². The van der Waals surface area contributed by atoms with Gasteiger partial charge in [0.05, 0.1) is 27.3 Å². The summed E-state index contributed by atoms with van der Waals surface area (Å²) in [6, 6.07) is 16.9. The highest BCUT2D eigenvalue weighted by atomic mass is 35.5. The Bertz CT molecular complexity index is 943. The molecule has 5 nitrogen and oxygen atoms in total. The van der Waals surface area contributed by atoms with Crippen molar-refractivity contribution in [3.63, 3.8) is 0 Å². The summed E-state index contributed by atoms with van der Waals surface area (Å²) < 4.78 is 14.7. The van der Waals surface area contributed by atoms with Crippen molar-refractivity contribution in [2.24, 2.45) is 14.1 Å². The molecule has 7 heteroatoms. The summed E-state index contributed by atoms with van der Waals surface area (Å²) in [6.07, 6.45) is 4.26. The smallest absolute Gasteiger partial charge is 0.244 e. The monoisotopic (exact) mass is 406 g/mol. The molecule has 0 spiro atoms. The third-order valence-electron chi connectivity index (χ3n) is 4.72. The molecule has 27 heavy (non-hydrogen) atoms. The first-order chi connectivity index (χ1) is 12.2.